The summed E-state index contributed by atoms with van der Waals surface area (Å²) in [5.74, 6) is -2.00. The van der Waals surface area contributed by atoms with Crippen LogP contribution in [-0.2, 0) is 22.4 Å². The van der Waals surface area contributed by atoms with Crippen LogP contribution in [-0.4, -0.2) is 11.9 Å². The van der Waals surface area contributed by atoms with E-state index in [1.165, 1.54) is 11.3 Å². The van der Waals surface area contributed by atoms with Crippen molar-refractivity contribution in [1.82, 2.24) is 0 Å². The van der Waals surface area contributed by atoms with Crippen LogP contribution in [0.3, 0.4) is 0 Å². The van der Waals surface area contributed by atoms with Crippen LogP contribution >= 0.6 is 11.3 Å². The molecule has 0 aromatic carbocycles. The summed E-state index contributed by atoms with van der Waals surface area (Å²) in [6, 6.07) is 2.12. The van der Waals surface area contributed by atoms with Crippen molar-refractivity contribution in [2.75, 3.05) is 5.32 Å². The Hall–Kier alpha value is -2.13. The summed E-state index contributed by atoms with van der Waals surface area (Å²) in [5.41, 5.74) is 1.54. The van der Waals surface area contributed by atoms with E-state index in [1.807, 2.05) is 0 Å². The molecular formula is C13H11N2O3S-. The third-order valence-electron chi connectivity index (χ3n) is 2.89. The molecule has 0 radical (unpaired) electrons. The van der Waals surface area contributed by atoms with Crippen molar-refractivity contribution >= 4 is 28.2 Å². The molecule has 1 aromatic heterocycles. The highest BCUT2D eigenvalue weighted by molar-refractivity contribution is 7.16. The molecule has 0 spiro atoms. The molecule has 0 saturated carbocycles. The maximum Gasteiger partial charge on any atom is 0.249 e. The van der Waals surface area contributed by atoms with E-state index in [-0.39, 0.29) is 0 Å². The second-order valence-corrected chi connectivity index (χ2v) is 5.27. The Morgan fingerprint density at radius 2 is 2.05 bits per heavy atom. The maximum absolute atomic E-state index is 11.5. The molecule has 0 unspecified atom stereocenters. The summed E-state index contributed by atoms with van der Waals surface area (Å²) in [6.45, 7) is 0. The van der Waals surface area contributed by atoms with Crippen LogP contribution in [0.25, 0.3) is 0 Å². The van der Waals surface area contributed by atoms with E-state index in [0.29, 0.717) is 16.6 Å². The van der Waals surface area contributed by atoms with Crippen LogP contribution in [0.2, 0.25) is 0 Å². The van der Waals surface area contributed by atoms with Gasteiger partial charge in [-0.25, -0.2) is 0 Å². The minimum atomic E-state index is -1.43. The molecule has 1 aliphatic rings. The lowest BCUT2D eigenvalue weighted by Gasteiger charge is -2.09. The fourth-order valence-electron chi connectivity index (χ4n) is 2.07. The molecule has 1 amide bonds. The lowest BCUT2D eigenvalue weighted by Crippen LogP contribution is -2.20. The summed E-state index contributed by atoms with van der Waals surface area (Å²) in [6.07, 6.45) is 5.48. The topological polar surface area (TPSA) is 93.0 Å². The Morgan fingerprint density at radius 1 is 1.32 bits per heavy atom. The third kappa shape index (κ3) is 3.01. The van der Waals surface area contributed by atoms with E-state index >= 15 is 0 Å². The lowest BCUT2D eigenvalue weighted by atomic mass is 9.96. The van der Waals surface area contributed by atoms with E-state index in [1.54, 1.807) is 0 Å². The van der Waals surface area contributed by atoms with Gasteiger partial charge in [0.1, 0.15) is 11.1 Å². The average molecular weight is 275 g/mol. The predicted octanol–water partition coefficient (Wildman–Crippen LogP) is 0.743. The number of fused-ring (bicyclic) bond motifs is 1. The Morgan fingerprint density at radius 3 is 2.74 bits per heavy atom. The van der Waals surface area contributed by atoms with Crippen LogP contribution in [0.15, 0.2) is 12.2 Å². The van der Waals surface area contributed by atoms with E-state index in [0.717, 1.165) is 42.2 Å². The Balaban J connectivity index is 2.21. The highest BCUT2D eigenvalue weighted by atomic mass is 32.1. The number of aliphatic carboxylic acids is 1. The third-order valence-corrected chi connectivity index (χ3v) is 4.10. The predicted molar refractivity (Wildman–Crippen MR) is 68.5 cm³/mol. The first-order chi connectivity index (χ1) is 9.11. The number of nitriles is 1. The van der Waals surface area contributed by atoms with E-state index in [2.05, 4.69) is 11.4 Å². The van der Waals surface area contributed by atoms with Gasteiger partial charge in [-0.1, -0.05) is 0 Å². The molecule has 0 saturated heterocycles. The number of rotatable bonds is 3. The van der Waals surface area contributed by atoms with Crippen molar-refractivity contribution in [3.63, 3.8) is 0 Å². The maximum atomic E-state index is 11.5. The van der Waals surface area contributed by atoms with Gasteiger partial charge >= 0.3 is 0 Å². The first kappa shape index (κ1) is 13.3. The number of thiophene rings is 1. The van der Waals surface area contributed by atoms with Crippen LogP contribution in [0.1, 0.15) is 28.8 Å². The van der Waals surface area contributed by atoms with Crippen molar-refractivity contribution in [3.8, 4) is 6.07 Å². The van der Waals surface area contributed by atoms with Gasteiger partial charge in [-0.15, -0.1) is 11.3 Å². The Labute approximate surface area is 114 Å². The number of aryl methyl sites for hydroxylation is 1. The molecule has 19 heavy (non-hydrogen) atoms. The van der Waals surface area contributed by atoms with Crippen LogP contribution in [0.4, 0.5) is 5.00 Å². The van der Waals surface area contributed by atoms with Gasteiger partial charge in [0.05, 0.1) is 11.5 Å². The number of anilines is 1. The summed E-state index contributed by atoms with van der Waals surface area (Å²) in [4.78, 5) is 22.9. The van der Waals surface area contributed by atoms with Gasteiger partial charge in [0.2, 0.25) is 5.91 Å². The smallest absolute Gasteiger partial charge is 0.249 e. The van der Waals surface area contributed by atoms with E-state index in [4.69, 9.17) is 0 Å². The molecule has 0 fully saturated rings. The zero-order valence-corrected chi connectivity index (χ0v) is 10.9. The second kappa shape index (κ2) is 5.67. The molecule has 98 valence electrons. The number of hydrogen-bond acceptors (Lipinski definition) is 5. The quantitative estimate of drug-likeness (QED) is 0.823. The first-order valence-corrected chi connectivity index (χ1v) is 6.68. The highest BCUT2D eigenvalue weighted by Crippen LogP contribution is 2.37. The fourth-order valence-corrected chi connectivity index (χ4v) is 3.31. The summed E-state index contributed by atoms with van der Waals surface area (Å²) in [7, 11) is 0. The van der Waals surface area contributed by atoms with Crippen molar-refractivity contribution in [1.29, 1.82) is 5.26 Å². The van der Waals surface area contributed by atoms with Crippen molar-refractivity contribution in [2.24, 2.45) is 0 Å². The Bertz CT molecular complexity index is 596. The molecule has 1 aliphatic carbocycles. The molecule has 0 bridgehead atoms. The van der Waals surface area contributed by atoms with Crippen molar-refractivity contribution in [2.45, 2.75) is 25.7 Å². The van der Waals surface area contributed by atoms with Gasteiger partial charge in [0.15, 0.2) is 0 Å². The number of carbonyl (C=O) groups is 2. The molecule has 5 nitrogen and oxygen atoms in total. The fraction of sp³-hybridized carbons (Fsp3) is 0.308. The van der Waals surface area contributed by atoms with Gasteiger partial charge in [-0.2, -0.15) is 5.26 Å². The SMILES string of the molecule is N#Cc1c(NC(=O)/C=C/C(=O)[O-])sc2c1CCCC2. The molecule has 6 heteroatoms. The van der Waals surface area contributed by atoms with Gasteiger partial charge in [0.25, 0.3) is 0 Å². The largest absolute Gasteiger partial charge is 0.545 e. The lowest BCUT2D eigenvalue weighted by molar-refractivity contribution is -0.297. The Kier molecular flexibility index (Phi) is 3.97. The molecule has 0 atom stereocenters. The number of nitrogens with zero attached hydrogens (tertiary/aromatic N) is 1. The molecule has 2 rings (SSSR count). The van der Waals surface area contributed by atoms with E-state index < -0.39 is 11.9 Å². The first-order valence-electron chi connectivity index (χ1n) is 5.86. The monoisotopic (exact) mass is 275 g/mol. The van der Waals surface area contributed by atoms with Gasteiger partial charge in [-0.3, -0.25) is 4.79 Å². The molecular weight excluding hydrogens is 264 g/mol. The van der Waals surface area contributed by atoms with Crippen molar-refractivity contribution in [3.05, 3.63) is 28.2 Å². The van der Waals surface area contributed by atoms with E-state index in [9.17, 15) is 20.0 Å². The summed E-state index contributed by atoms with van der Waals surface area (Å²) < 4.78 is 0. The minimum Gasteiger partial charge on any atom is -0.545 e. The average Bonchev–Trinajstić information content (AvgIpc) is 2.73. The summed E-state index contributed by atoms with van der Waals surface area (Å²) in [5, 5.41) is 22.4. The number of carboxylic acids is 1. The number of nitrogens with one attached hydrogen (secondary N) is 1. The molecule has 1 N–H and O–H groups in total. The van der Waals surface area contributed by atoms with Crippen LogP contribution < -0.4 is 10.4 Å². The zero-order valence-electron chi connectivity index (χ0n) is 10.1. The highest BCUT2D eigenvalue weighted by Gasteiger charge is 2.21. The van der Waals surface area contributed by atoms with Gasteiger partial charge in [-0.05, 0) is 37.3 Å². The van der Waals surface area contributed by atoms with Crippen LogP contribution in [0.5, 0.6) is 0 Å². The second-order valence-electron chi connectivity index (χ2n) is 4.17. The normalized spacial score (nSPS) is 13.8. The number of carbonyl (C=O) groups excluding carboxylic acids is 2. The molecule has 1 heterocycles. The standard InChI is InChI=1S/C13H12N2O3S/c14-7-9-8-3-1-2-4-10(8)19-13(9)15-11(16)5-6-12(17)18/h5-6H,1-4H2,(H,15,16)(H,17,18)/p-1/b6-5+. The zero-order chi connectivity index (χ0) is 13.8. The number of hydrogen-bond donors (Lipinski definition) is 1. The van der Waals surface area contributed by atoms with Crippen molar-refractivity contribution < 1.29 is 14.7 Å². The van der Waals surface area contributed by atoms with Gasteiger partial charge < -0.3 is 15.2 Å². The summed E-state index contributed by atoms with van der Waals surface area (Å²) >= 11 is 1.40. The number of amides is 1. The van der Waals surface area contributed by atoms with Gasteiger partial charge in [0, 0.05) is 11.0 Å². The number of carboxylic acid groups (broad SMARTS) is 1. The minimum absolute atomic E-state index is 0.502. The molecule has 1 aromatic rings. The molecule has 0 aliphatic heterocycles. The van der Waals surface area contributed by atoms with Crippen LogP contribution in [0, 0.1) is 11.3 Å².